The van der Waals surface area contributed by atoms with Crippen LogP contribution in [0, 0.1) is 24.3 Å². The molecular weight excluding hydrogens is 643 g/mol. The maximum atomic E-state index is 13.3. The molecule has 0 unspecified atom stereocenters. The zero-order valence-electron chi connectivity index (χ0n) is 24.2. The van der Waals surface area contributed by atoms with Gasteiger partial charge in [0.25, 0.3) is 11.8 Å². The molecule has 1 atom stereocenters. The predicted molar refractivity (Wildman–Crippen MR) is 172 cm³/mol. The van der Waals surface area contributed by atoms with Crippen LogP contribution in [-0.4, -0.2) is 78.2 Å². The summed E-state index contributed by atoms with van der Waals surface area (Å²) in [6, 6.07) is 15.5. The first-order chi connectivity index (χ1) is 20.3. The maximum Gasteiger partial charge on any atom is 0.256 e. The Balaban J connectivity index is 1.04. The van der Waals surface area contributed by atoms with Gasteiger partial charge in [-0.1, -0.05) is 6.07 Å². The van der Waals surface area contributed by atoms with Crippen molar-refractivity contribution in [2.24, 2.45) is 4.99 Å². The third-order valence-electron chi connectivity index (χ3n) is 8.42. The molecular formula is C33H35IN4O4. The van der Waals surface area contributed by atoms with Gasteiger partial charge in [-0.15, -0.1) is 0 Å². The second-order valence-corrected chi connectivity index (χ2v) is 12.5. The Labute approximate surface area is 260 Å². The fraction of sp³-hybridized carbons (Fsp3) is 0.364. The third-order valence-corrected chi connectivity index (χ3v) is 9.26. The number of benzene rings is 3. The molecule has 0 saturated carbocycles. The first-order valence-corrected chi connectivity index (χ1v) is 15.5. The van der Waals surface area contributed by atoms with E-state index in [1.807, 2.05) is 71.5 Å². The van der Waals surface area contributed by atoms with Crippen molar-refractivity contribution in [3.63, 3.8) is 0 Å². The van der Waals surface area contributed by atoms with Gasteiger partial charge in [0.2, 0.25) is 0 Å². The zero-order valence-corrected chi connectivity index (χ0v) is 26.4. The lowest BCUT2D eigenvalue weighted by Gasteiger charge is -2.34. The molecule has 6 rings (SSSR count). The monoisotopic (exact) mass is 678 g/mol. The first kappa shape index (κ1) is 28.7. The van der Waals surface area contributed by atoms with E-state index in [1.165, 1.54) is 11.1 Å². The van der Waals surface area contributed by atoms with Gasteiger partial charge in [-0.2, -0.15) is 0 Å². The number of aryl methyl sites for hydroxylation is 3. The van der Waals surface area contributed by atoms with Crippen molar-refractivity contribution in [3.05, 3.63) is 79.9 Å². The summed E-state index contributed by atoms with van der Waals surface area (Å²) in [7, 11) is 0. The number of carbonyl (C=O) groups is 2. The molecule has 8 nitrogen and oxygen atoms in total. The molecule has 0 radical (unpaired) electrons. The minimum Gasteiger partial charge on any atom is -0.478 e. The molecule has 3 aromatic rings. The smallest absolute Gasteiger partial charge is 0.256 e. The fourth-order valence-electron chi connectivity index (χ4n) is 5.68. The zero-order chi connectivity index (χ0) is 29.4. The molecule has 2 saturated heterocycles. The average Bonchev–Trinajstić information content (AvgIpc) is 3.42. The quantitative estimate of drug-likeness (QED) is 0.294. The largest absolute Gasteiger partial charge is 0.478 e. The van der Waals surface area contributed by atoms with Crippen LogP contribution in [0.5, 0.6) is 17.2 Å². The number of rotatable bonds is 6. The highest BCUT2D eigenvalue weighted by Gasteiger charge is 2.32. The van der Waals surface area contributed by atoms with Crippen LogP contribution in [0.1, 0.15) is 50.2 Å². The number of hydrogen-bond donors (Lipinski definition) is 0. The van der Waals surface area contributed by atoms with Crippen LogP contribution in [0.25, 0.3) is 0 Å². The average molecular weight is 679 g/mol. The van der Waals surface area contributed by atoms with Crippen LogP contribution in [0.4, 0.5) is 5.69 Å². The summed E-state index contributed by atoms with van der Waals surface area (Å²) in [6.45, 7) is 9.99. The molecule has 0 spiro atoms. The number of fused-ring (bicyclic) bond motifs is 2. The minimum atomic E-state index is 0.0239. The molecule has 9 heteroatoms. The van der Waals surface area contributed by atoms with E-state index >= 15 is 0 Å². The number of nitrogens with zero attached hydrogens (tertiary/aromatic N) is 4. The lowest BCUT2D eigenvalue weighted by atomic mass is 10.1. The van der Waals surface area contributed by atoms with Gasteiger partial charge < -0.3 is 19.3 Å². The summed E-state index contributed by atoms with van der Waals surface area (Å²) in [4.78, 5) is 37.0. The number of halogens is 1. The number of carbonyl (C=O) groups excluding carboxylic acids is 2. The molecule has 2 amide bonds. The molecule has 2 fully saturated rings. The topological polar surface area (TPSA) is 74.7 Å². The van der Waals surface area contributed by atoms with E-state index in [-0.39, 0.29) is 17.9 Å². The summed E-state index contributed by atoms with van der Waals surface area (Å²) in [5, 5.41) is 0. The summed E-state index contributed by atoms with van der Waals surface area (Å²) < 4.78 is 13.2. The van der Waals surface area contributed by atoms with E-state index in [1.54, 1.807) is 0 Å². The van der Waals surface area contributed by atoms with Gasteiger partial charge in [0.15, 0.2) is 0 Å². The van der Waals surface area contributed by atoms with Gasteiger partial charge in [0, 0.05) is 50.6 Å². The molecule has 0 aliphatic carbocycles. The normalized spacial score (nSPS) is 18.5. The van der Waals surface area contributed by atoms with Crippen molar-refractivity contribution in [1.29, 1.82) is 0 Å². The van der Waals surface area contributed by atoms with Gasteiger partial charge in [-0.05, 0) is 109 Å². The Kier molecular flexibility index (Phi) is 8.22. The number of amides is 2. The van der Waals surface area contributed by atoms with Crippen LogP contribution in [0.15, 0.2) is 53.5 Å². The lowest BCUT2D eigenvalue weighted by Crippen LogP contribution is -2.49. The van der Waals surface area contributed by atoms with Crippen molar-refractivity contribution < 1.29 is 19.1 Å². The third kappa shape index (κ3) is 5.89. The van der Waals surface area contributed by atoms with Crippen LogP contribution in [-0.2, 0) is 0 Å². The molecule has 3 aromatic carbocycles. The Hall–Kier alpha value is -3.44. The maximum absolute atomic E-state index is 13.3. The lowest BCUT2D eigenvalue weighted by molar-refractivity contribution is 0.0480. The summed E-state index contributed by atoms with van der Waals surface area (Å²) in [5.41, 5.74) is 5.30. The SMILES string of the molecule is Cc1ccc(Oc2ccc(C(=O)N3CCN(COc4cc5c(cc4C)C(=O)N4CCC[C@H]4C=N5)CC3)cc2I)cc1C. The first-order valence-electron chi connectivity index (χ1n) is 14.5. The summed E-state index contributed by atoms with van der Waals surface area (Å²) in [6.07, 6.45) is 3.89. The molecule has 42 heavy (non-hydrogen) atoms. The van der Waals surface area contributed by atoms with Crippen LogP contribution < -0.4 is 9.47 Å². The van der Waals surface area contributed by atoms with Gasteiger partial charge in [0.1, 0.15) is 24.0 Å². The van der Waals surface area contributed by atoms with Crippen LogP contribution in [0.2, 0.25) is 0 Å². The van der Waals surface area contributed by atoms with E-state index in [0.29, 0.717) is 49.7 Å². The Morgan fingerprint density at radius 3 is 2.50 bits per heavy atom. The standard InChI is InChI=1S/C33H35IN4O4/c1-21-6-8-26(15-22(21)2)42-30-9-7-24(17-28(30)34)32(39)37-13-11-36(12-14-37)20-41-31-18-29-27(16-23(31)3)33(40)38-10-4-5-25(38)19-35-29/h6-9,15-19,25H,4-5,10-14,20H2,1-3H3/t25-/m0/s1. The van der Waals surface area contributed by atoms with Crippen molar-refractivity contribution >= 4 is 46.3 Å². The predicted octanol–water partition coefficient (Wildman–Crippen LogP) is 6.12. The summed E-state index contributed by atoms with van der Waals surface area (Å²) >= 11 is 2.23. The van der Waals surface area contributed by atoms with E-state index in [2.05, 4.69) is 46.3 Å². The van der Waals surface area contributed by atoms with Crippen molar-refractivity contribution in [2.45, 2.75) is 39.7 Å². The highest BCUT2D eigenvalue weighted by atomic mass is 127. The number of aliphatic imine (C=N–C) groups is 1. The van der Waals surface area contributed by atoms with E-state index in [4.69, 9.17) is 9.47 Å². The van der Waals surface area contributed by atoms with Crippen LogP contribution in [0.3, 0.4) is 0 Å². The minimum absolute atomic E-state index is 0.0239. The Morgan fingerprint density at radius 2 is 1.74 bits per heavy atom. The van der Waals surface area contributed by atoms with Crippen molar-refractivity contribution in [3.8, 4) is 17.2 Å². The van der Waals surface area contributed by atoms with Crippen molar-refractivity contribution in [2.75, 3.05) is 39.5 Å². The van der Waals surface area contributed by atoms with Gasteiger partial charge in [-0.3, -0.25) is 19.5 Å². The number of piperazine rings is 1. The van der Waals surface area contributed by atoms with E-state index < -0.39 is 0 Å². The van der Waals surface area contributed by atoms with Crippen LogP contribution >= 0.6 is 22.6 Å². The highest BCUT2D eigenvalue weighted by molar-refractivity contribution is 14.1. The Bertz CT molecular complexity index is 1560. The number of ether oxygens (including phenoxy) is 2. The molecule has 3 aliphatic heterocycles. The molecule has 0 N–H and O–H groups in total. The fourth-order valence-corrected chi connectivity index (χ4v) is 6.30. The highest BCUT2D eigenvalue weighted by Crippen LogP contribution is 2.34. The molecule has 3 heterocycles. The molecule has 218 valence electrons. The molecule has 3 aliphatic rings. The number of hydrogen-bond acceptors (Lipinski definition) is 6. The second-order valence-electron chi connectivity index (χ2n) is 11.3. The van der Waals surface area contributed by atoms with Gasteiger partial charge in [-0.25, -0.2) is 0 Å². The van der Waals surface area contributed by atoms with Gasteiger partial charge >= 0.3 is 0 Å². The molecule has 0 bridgehead atoms. The second kappa shape index (κ2) is 12.0. The van der Waals surface area contributed by atoms with Crippen molar-refractivity contribution in [1.82, 2.24) is 14.7 Å². The van der Waals surface area contributed by atoms with E-state index in [9.17, 15) is 9.59 Å². The van der Waals surface area contributed by atoms with E-state index in [0.717, 1.165) is 45.8 Å². The van der Waals surface area contributed by atoms with Gasteiger partial charge in [0.05, 0.1) is 20.9 Å². The molecule has 0 aromatic heterocycles. The summed E-state index contributed by atoms with van der Waals surface area (Å²) in [5.74, 6) is 2.34. The Morgan fingerprint density at radius 1 is 0.929 bits per heavy atom.